The normalized spacial score (nSPS) is 16.9. The molecule has 1 atom stereocenters. The van der Waals surface area contributed by atoms with Crippen LogP contribution in [0.15, 0.2) is 34.9 Å². The van der Waals surface area contributed by atoms with Gasteiger partial charge in [-0.15, -0.1) is 0 Å². The van der Waals surface area contributed by atoms with Crippen molar-refractivity contribution in [2.75, 3.05) is 31.2 Å². The summed E-state index contributed by atoms with van der Waals surface area (Å²) in [6, 6.07) is 7.26. The van der Waals surface area contributed by atoms with Gasteiger partial charge in [-0.05, 0) is 49.6 Å². The predicted octanol–water partition coefficient (Wildman–Crippen LogP) is 3.71. The van der Waals surface area contributed by atoms with E-state index < -0.39 is 0 Å². The molecule has 1 saturated heterocycles. The summed E-state index contributed by atoms with van der Waals surface area (Å²) in [5.74, 6) is 2.07. The molecule has 142 valence electrons. The summed E-state index contributed by atoms with van der Waals surface area (Å²) in [6.07, 6.45) is 4.02. The highest BCUT2D eigenvalue weighted by atomic mass is 79.9. The lowest BCUT2D eigenvalue weighted by Crippen LogP contribution is -2.30. The summed E-state index contributed by atoms with van der Waals surface area (Å²) < 4.78 is 12.2. The molecule has 1 N–H and O–H groups in total. The molecule has 1 aromatic heterocycles. The Labute approximate surface area is 167 Å². The molecule has 0 bridgehead atoms. The zero-order valence-electron chi connectivity index (χ0n) is 15.2. The number of hydrogen-bond donors (Lipinski definition) is 1. The van der Waals surface area contributed by atoms with Gasteiger partial charge in [-0.3, -0.25) is 4.79 Å². The SMILES string of the molecule is CC(NC(=O)c1cccnc1N1CCCC1)c1cc2c(cc1Br)OCCO2. The van der Waals surface area contributed by atoms with Crippen LogP contribution in [0.4, 0.5) is 5.82 Å². The maximum atomic E-state index is 13.0. The van der Waals surface area contributed by atoms with Gasteiger partial charge >= 0.3 is 0 Å². The van der Waals surface area contributed by atoms with Gasteiger partial charge in [0.15, 0.2) is 11.5 Å². The molecule has 1 aromatic carbocycles. The fourth-order valence-corrected chi connectivity index (χ4v) is 4.18. The molecular weight excluding hydrogens is 410 g/mol. The summed E-state index contributed by atoms with van der Waals surface area (Å²) >= 11 is 3.58. The molecule has 7 heteroatoms. The quantitative estimate of drug-likeness (QED) is 0.799. The summed E-state index contributed by atoms with van der Waals surface area (Å²) in [7, 11) is 0. The minimum absolute atomic E-state index is 0.126. The number of aromatic nitrogens is 1. The van der Waals surface area contributed by atoms with Crippen LogP contribution >= 0.6 is 15.9 Å². The molecule has 1 unspecified atom stereocenters. The molecule has 3 heterocycles. The number of anilines is 1. The van der Waals surface area contributed by atoms with E-state index in [1.165, 1.54) is 0 Å². The largest absolute Gasteiger partial charge is 0.486 e. The Hall–Kier alpha value is -2.28. The molecule has 0 radical (unpaired) electrons. The summed E-state index contributed by atoms with van der Waals surface area (Å²) in [5, 5.41) is 3.09. The molecule has 2 aromatic rings. The average molecular weight is 432 g/mol. The Morgan fingerprint density at radius 1 is 1.22 bits per heavy atom. The molecule has 27 heavy (non-hydrogen) atoms. The first-order valence-electron chi connectivity index (χ1n) is 9.23. The second-order valence-corrected chi connectivity index (χ2v) is 7.64. The number of amides is 1. The Bertz CT molecular complexity index is 852. The monoisotopic (exact) mass is 431 g/mol. The van der Waals surface area contributed by atoms with Crippen LogP contribution in [-0.2, 0) is 0 Å². The minimum Gasteiger partial charge on any atom is -0.486 e. The summed E-state index contributed by atoms with van der Waals surface area (Å²) in [4.78, 5) is 19.6. The molecule has 4 rings (SSSR count). The van der Waals surface area contributed by atoms with Crippen molar-refractivity contribution >= 4 is 27.7 Å². The van der Waals surface area contributed by atoms with Gasteiger partial charge in [0.1, 0.15) is 19.0 Å². The second-order valence-electron chi connectivity index (χ2n) is 6.78. The van der Waals surface area contributed by atoms with Crippen LogP contribution < -0.4 is 19.7 Å². The molecule has 1 fully saturated rings. The summed E-state index contributed by atoms with van der Waals surface area (Å²) in [5.41, 5.74) is 1.55. The number of benzene rings is 1. The molecule has 0 saturated carbocycles. The Kier molecular flexibility index (Phi) is 5.20. The smallest absolute Gasteiger partial charge is 0.255 e. The van der Waals surface area contributed by atoms with Crippen LogP contribution in [-0.4, -0.2) is 37.2 Å². The zero-order chi connectivity index (χ0) is 18.8. The first-order valence-corrected chi connectivity index (χ1v) is 10.0. The average Bonchev–Trinajstić information content (AvgIpc) is 3.22. The van der Waals surface area contributed by atoms with Gasteiger partial charge in [-0.2, -0.15) is 0 Å². The zero-order valence-corrected chi connectivity index (χ0v) is 16.8. The summed E-state index contributed by atoms with van der Waals surface area (Å²) in [6.45, 7) is 4.93. The molecule has 2 aliphatic rings. The van der Waals surface area contributed by atoms with Crippen LogP contribution in [0.5, 0.6) is 11.5 Å². The number of ether oxygens (including phenoxy) is 2. The van der Waals surface area contributed by atoms with E-state index in [1.807, 2.05) is 25.1 Å². The van der Waals surface area contributed by atoms with Crippen LogP contribution in [0.3, 0.4) is 0 Å². The number of rotatable bonds is 4. The highest BCUT2D eigenvalue weighted by Gasteiger charge is 2.23. The Morgan fingerprint density at radius 3 is 2.67 bits per heavy atom. The highest BCUT2D eigenvalue weighted by molar-refractivity contribution is 9.10. The van der Waals surface area contributed by atoms with Gasteiger partial charge < -0.3 is 19.7 Å². The van der Waals surface area contributed by atoms with Crippen LogP contribution in [0, 0.1) is 0 Å². The standard InChI is InChI=1S/C20H22BrN3O3/c1-13(15-11-17-18(12-16(15)21)27-10-9-26-17)23-20(25)14-5-4-6-22-19(14)24-7-2-3-8-24/h4-6,11-13H,2-3,7-10H2,1H3,(H,23,25). The first kappa shape index (κ1) is 18.1. The van der Waals surface area contributed by atoms with Crippen molar-refractivity contribution in [2.24, 2.45) is 0 Å². The van der Waals surface area contributed by atoms with E-state index in [2.05, 4.69) is 31.1 Å². The van der Waals surface area contributed by atoms with Crippen LogP contribution in [0.25, 0.3) is 0 Å². The van der Waals surface area contributed by atoms with E-state index in [9.17, 15) is 4.79 Å². The number of nitrogens with zero attached hydrogens (tertiary/aromatic N) is 2. The number of hydrogen-bond acceptors (Lipinski definition) is 5. The topological polar surface area (TPSA) is 63.7 Å². The van der Waals surface area contributed by atoms with Gasteiger partial charge in [-0.25, -0.2) is 4.98 Å². The second kappa shape index (κ2) is 7.76. The molecular formula is C20H22BrN3O3. The lowest BCUT2D eigenvalue weighted by Gasteiger charge is -2.23. The Balaban J connectivity index is 1.55. The maximum absolute atomic E-state index is 13.0. The van der Waals surface area contributed by atoms with Crippen LogP contribution in [0.1, 0.15) is 41.7 Å². The lowest BCUT2D eigenvalue weighted by atomic mass is 10.1. The van der Waals surface area contributed by atoms with Crippen molar-refractivity contribution in [1.82, 2.24) is 10.3 Å². The van der Waals surface area contributed by atoms with Crippen molar-refractivity contribution in [1.29, 1.82) is 0 Å². The lowest BCUT2D eigenvalue weighted by molar-refractivity contribution is 0.0939. The van der Waals surface area contributed by atoms with Gasteiger partial charge in [0.05, 0.1) is 11.6 Å². The number of nitrogens with one attached hydrogen (secondary N) is 1. The number of fused-ring (bicyclic) bond motifs is 1. The van der Waals surface area contributed by atoms with Crippen molar-refractivity contribution < 1.29 is 14.3 Å². The van der Waals surface area contributed by atoms with Crippen molar-refractivity contribution in [2.45, 2.75) is 25.8 Å². The number of halogens is 1. The third-order valence-corrected chi connectivity index (χ3v) is 5.60. The first-order chi connectivity index (χ1) is 13.1. The molecule has 2 aliphatic heterocycles. The van der Waals surface area contributed by atoms with E-state index in [4.69, 9.17) is 9.47 Å². The fraction of sp³-hybridized carbons (Fsp3) is 0.400. The third kappa shape index (κ3) is 3.74. The molecule has 0 aliphatic carbocycles. The van der Waals surface area contributed by atoms with Crippen molar-refractivity contribution in [3.63, 3.8) is 0 Å². The fourth-order valence-electron chi connectivity index (χ4n) is 3.52. The van der Waals surface area contributed by atoms with Gasteiger partial charge in [0.25, 0.3) is 5.91 Å². The van der Waals surface area contributed by atoms with E-state index in [-0.39, 0.29) is 11.9 Å². The predicted molar refractivity (Wildman–Crippen MR) is 107 cm³/mol. The molecule has 0 spiro atoms. The van der Waals surface area contributed by atoms with E-state index >= 15 is 0 Å². The number of carbonyl (C=O) groups excluding carboxylic acids is 1. The molecule has 1 amide bonds. The van der Waals surface area contributed by atoms with E-state index in [0.717, 1.165) is 47.5 Å². The third-order valence-electron chi connectivity index (χ3n) is 4.91. The van der Waals surface area contributed by atoms with E-state index in [1.54, 1.807) is 12.3 Å². The van der Waals surface area contributed by atoms with Gasteiger partial charge in [0.2, 0.25) is 0 Å². The minimum atomic E-state index is -0.200. The van der Waals surface area contributed by atoms with E-state index in [0.29, 0.717) is 24.5 Å². The van der Waals surface area contributed by atoms with Crippen molar-refractivity contribution in [3.8, 4) is 11.5 Å². The number of pyridine rings is 1. The highest BCUT2D eigenvalue weighted by Crippen LogP contribution is 2.38. The van der Waals surface area contributed by atoms with Gasteiger partial charge in [0, 0.05) is 23.8 Å². The van der Waals surface area contributed by atoms with Crippen LogP contribution in [0.2, 0.25) is 0 Å². The van der Waals surface area contributed by atoms with Crippen molar-refractivity contribution in [3.05, 3.63) is 46.1 Å². The van der Waals surface area contributed by atoms with Gasteiger partial charge in [-0.1, -0.05) is 15.9 Å². The number of carbonyl (C=O) groups is 1. The maximum Gasteiger partial charge on any atom is 0.255 e. The molecule has 6 nitrogen and oxygen atoms in total. The Morgan fingerprint density at radius 2 is 1.93 bits per heavy atom.